The van der Waals surface area contributed by atoms with Crippen LogP contribution >= 0.6 is 0 Å². The number of nitrogens with zero attached hydrogens (tertiary/aromatic N) is 2. The Labute approximate surface area is 404 Å². The number of fused-ring (bicyclic) bond motifs is 10. The first-order valence-electron chi connectivity index (χ1n) is 23.8. The molecule has 324 valence electrons. The van der Waals surface area contributed by atoms with E-state index >= 15 is 0 Å². The molecular weight excluding hydrogens is 833 g/mol. The Kier molecular flexibility index (Phi) is 9.77. The van der Waals surface area contributed by atoms with Crippen molar-refractivity contribution >= 4 is 34.1 Å². The Morgan fingerprint density at radius 2 is 0.565 bits per heavy atom. The van der Waals surface area contributed by atoms with Crippen LogP contribution in [0.25, 0.3) is 55.6 Å². The van der Waals surface area contributed by atoms with Crippen LogP contribution in [-0.4, -0.2) is 0 Å². The average Bonchev–Trinajstić information content (AvgIpc) is 3.89. The van der Waals surface area contributed by atoms with Crippen LogP contribution in [0.15, 0.2) is 279 Å². The summed E-state index contributed by atoms with van der Waals surface area (Å²) < 4.78 is 0. The number of hydrogen-bond donors (Lipinski definition) is 0. The van der Waals surface area contributed by atoms with Crippen LogP contribution in [0.3, 0.4) is 0 Å². The lowest BCUT2D eigenvalue weighted by molar-refractivity contribution is 0.793. The smallest absolute Gasteiger partial charge is 0.0727 e. The highest BCUT2D eigenvalue weighted by Crippen LogP contribution is 2.64. The summed E-state index contributed by atoms with van der Waals surface area (Å²) in [5.41, 5.74) is 23.3. The zero-order valence-electron chi connectivity index (χ0n) is 38.0. The summed E-state index contributed by atoms with van der Waals surface area (Å²) in [5.74, 6) is 0. The molecule has 1 spiro atoms. The first-order valence-corrected chi connectivity index (χ1v) is 23.8. The van der Waals surface area contributed by atoms with E-state index in [2.05, 4.69) is 289 Å². The van der Waals surface area contributed by atoms with E-state index in [9.17, 15) is 0 Å². The number of anilines is 6. The predicted molar refractivity (Wildman–Crippen MR) is 288 cm³/mol. The Balaban J connectivity index is 1.06. The van der Waals surface area contributed by atoms with Gasteiger partial charge in [-0.2, -0.15) is 0 Å². The highest BCUT2D eigenvalue weighted by Gasteiger charge is 2.52. The van der Waals surface area contributed by atoms with Crippen molar-refractivity contribution in [2.24, 2.45) is 0 Å². The van der Waals surface area contributed by atoms with Crippen LogP contribution in [-0.2, 0) is 5.41 Å². The zero-order valence-corrected chi connectivity index (χ0v) is 38.0. The van der Waals surface area contributed by atoms with Crippen LogP contribution in [0.1, 0.15) is 22.3 Å². The van der Waals surface area contributed by atoms with Gasteiger partial charge >= 0.3 is 0 Å². The molecule has 0 saturated heterocycles. The molecule has 13 rings (SSSR count). The number of para-hydroxylation sites is 2. The van der Waals surface area contributed by atoms with Gasteiger partial charge < -0.3 is 9.80 Å². The highest BCUT2D eigenvalue weighted by molar-refractivity contribution is 5.98. The van der Waals surface area contributed by atoms with E-state index in [1.165, 1.54) is 66.8 Å². The quantitative estimate of drug-likeness (QED) is 0.143. The topological polar surface area (TPSA) is 6.48 Å². The summed E-state index contributed by atoms with van der Waals surface area (Å²) in [6, 6.07) is 102. The lowest BCUT2D eigenvalue weighted by Gasteiger charge is -2.34. The molecule has 0 amide bonds. The number of hydrogen-bond acceptors (Lipinski definition) is 2. The summed E-state index contributed by atoms with van der Waals surface area (Å²) >= 11 is 0. The Hall–Kier alpha value is -8.98. The summed E-state index contributed by atoms with van der Waals surface area (Å²) in [5, 5.41) is 0. The third kappa shape index (κ3) is 6.64. The van der Waals surface area contributed by atoms with Crippen LogP contribution < -0.4 is 9.80 Å². The molecule has 0 N–H and O–H groups in total. The lowest BCUT2D eigenvalue weighted by Crippen LogP contribution is -2.26. The van der Waals surface area contributed by atoms with Crippen LogP contribution in [0.5, 0.6) is 0 Å². The van der Waals surface area contributed by atoms with Gasteiger partial charge in [-0.1, -0.05) is 206 Å². The molecule has 0 aromatic heterocycles. The van der Waals surface area contributed by atoms with Crippen molar-refractivity contribution in [1.82, 2.24) is 0 Å². The predicted octanol–water partition coefficient (Wildman–Crippen LogP) is 18.0. The van der Waals surface area contributed by atoms with Crippen LogP contribution in [0, 0.1) is 0 Å². The number of rotatable bonds is 9. The van der Waals surface area contributed by atoms with E-state index in [1.54, 1.807) is 0 Å². The molecular formula is C67H46N2. The summed E-state index contributed by atoms with van der Waals surface area (Å²) in [6.07, 6.45) is 0. The van der Waals surface area contributed by atoms with Crippen molar-refractivity contribution in [3.8, 4) is 55.6 Å². The van der Waals surface area contributed by atoms with Crippen molar-refractivity contribution in [3.63, 3.8) is 0 Å². The van der Waals surface area contributed by atoms with Crippen LogP contribution in [0.4, 0.5) is 34.1 Å². The molecule has 0 heterocycles. The van der Waals surface area contributed by atoms with E-state index < -0.39 is 5.41 Å². The molecule has 0 bridgehead atoms. The minimum absolute atomic E-state index is 0.592. The standard InChI is InChI=1S/C67H46N2/c1-6-20-47(21-7-1)49-34-37-54(38-35-49)69(66-43-36-51(48-22-8-2-9-23-48)44-61(66)50-24-10-3-11-25-50)56-40-42-60-58-31-17-19-33-63(58)67(65(60)46-56)62-32-18-16-30-57(62)59-41-39-55(45-64(59)67)68(52-26-12-4-13-27-52)53-28-14-5-15-29-53/h1-46H. The Morgan fingerprint density at radius 3 is 1.09 bits per heavy atom. The molecule has 0 radical (unpaired) electrons. The van der Waals surface area contributed by atoms with Gasteiger partial charge in [0.05, 0.1) is 11.1 Å². The molecule has 1 unspecified atom stereocenters. The molecule has 11 aromatic carbocycles. The lowest BCUT2D eigenvalue weighted by atomic mass is 9.70. The SMILES string of the molecule is c1ccc(-c2ccc(N(c3ccc4c(c3)C3(c5ccccc5-c5ccc(N(c6ccccc6)c6ccccc6)cc53)c3ccccc3-4)c3ccc(-c4ccccc4)cc3-c3ccccc3)cc2)cc1. The molecule has 0 aliphatic heterocycles. The van der Waals surface area contributed by atoms with Gasteiger partial charge in [-0.15, -0.1) is 0 Å². The summed E-state index contributed by atoms with van der Waals surface area (Å²) in [4.78, 5) is 4.87. The second kappa shape index (κ2) is 16.7. The molecule has 2 aliphatic rings. The monoisotopic (exact) mass is 878 g/mol. The Bertz CT molecular complexity index is 3590. The van der Waals surface area contributed by atoms with Gasteiger partial charge in [-0.05, 0) is 145 Å². The van der Waals surface area contributed by atoms with Crippen LogP contribution in [0.2, 0.25) is 0 Å². The van der Waals surface area contributed by atoms with E-state index in [0.29, 0.717) is 0 Å². The van der Waals surface area contributed by atoms with Gasteiger partial charge in [0, 0.05) is 34.0 Å². The fourth-order valence-electron chi connectivity index (χ4n) is 11.2. The second-order valence-corrected chi connectivity index (χ2v) is 18.0. The minimum Gasteiger partial charge on any atom is -0.310 e. The van der Waals surface area contributed by atoms with Gasteiger partial charge in [0.25, 0.3) is 0 Å². The molecule has 2 aliphatic carbocycles. The van der Waals surface area contributed by atoms with Gasteiger partial charge in [-0.3, -0.25) is 0 Å². The van der Waals surface area contributed by atoms with Gasteiger partial charge in [0.2, 0.25) is 0 Å². The highest BCUT2D eigenvalue weighted by atomic mass is 15.1. The third-order valence-electron chi connectivity index (χ3n) is 14.3. The largest absolute Gasteiger partial charge is 0.310 e. The maximum absolute atomic E-state index is 2.50. The summed E-state index contributed by atoms with van der Waals surface area (Å²) in [6.45, 7) is 0. The number of benzene rings is 11. The Morgan fingerprint density at radius 1 is 0.203 bits per heavy atom. The maximum atomic E-state index is 2.50. The third-order valence-corrected chi connectivity index (χ3v) is 14.3. The molecule has 2 nitrogen and oxygen atoms in total. The molecule has 0 saturated carbocycles. The second-order valence-electron chi connectivity index (χ2n) is 18.0. The van der Waals surface area contributed by atoms with Crippen molar-refractivity contribution in [2.75, 3.05) is 9.80 Å². The zero-order chi connectivity index (χ0) is 45.7. The van der Waals surface area contributed by atoms with E-state index in [0.717, 1.165) is 45.3 Å². The molecule has 1 atom stereocenters. The van der Waals surface area contributed by atoms with Crippen molar-refractivity contribution in [2.45, 2.75) is 5.41 Å². The van der Waals surface area contributed by atoms with Crippen molar-refractivity contribution < 1.29 is 0 Å². The normalized spacial score (nSPS) is 13.9. The molecule has 2 heteroatoms. The molecule has 0 fully saturated rings. The average molecular weight is 879 g/mol. The van der Waals surface area contributed by atoms with Gasteiger partial charge in [-0.25, -0.2) is 0 Å². The van der Waals surface area contributed by atoms with Gasteiger partial charge in [0.1, 0.15) is 0 Å². The first-order chi connectivity index (χ1) is 34.2. The molecule has 69 heavy (non-hydrogen) atoms. The van der Waals surface area contributed by atoms with E-state index in [-0.39, 0.29) is 0 Å². The fraction of sp³-hybridized carbons (Fsp3) is 0.0149. The van der Waals surface area contributed by atoms with E-state index in [4.69, 9.17) is 0 Å². The van der Waals surface area contributed by atoms with Crippen molar-refractivity contribution in [3.05, 3.63) is 301 Å². The maximum Gasteiger partial charge on any atom is 0.0727 e. The fourth-order valence-corrected chi connectivity index (χ4v) is 11.2. The first kappa shape index (κ1) is 40.3. The van der Waals surface area contributed by atoms with E-state index in [1.807, 2.05) is 0 Å². The minimum atomic E-state index is -0.592. The van der Waals surface area contributed by atoms with Crippen molar-refractivity contribution in [1.29, 1.82) is 0 Å². The van der Waals surface area contributed by atoms with Gasteiger partial charge in [0.15, 0.2) is 0 Å². The summed E-state index contributed by atoms with van der Waals surface area (Å²) in [7, 11) is 0. The molecule has 11 aromatic rings.